The summed E-state index contributed by atoms with van der Waals surface area (Å²) >= 11 is 11.1. The van der Waals surface area contributed by atoms with Crippen LogP contribution >= 0.6 is 38.9 Å². The second-order valence-electron chi connectivity index (χ2n) is 4.44. The molecule has 0 bridgehead atoms. The number of aliphatic hydroxyl groups excluding tert-OH is 1. The molecular formula is C12H15BrClN3OS. The molecule has 19 heavy (non-hydrogen) atoms. The predicted octanol–water partition coefficient (Wildman–Crippen LogP) is 3.00. The molecule has 2 rings (SSSR count). The van der Waals surface area contributed by atoms with Gasteiger partial charge in [0.05, 0.1) is 28.3 Å². The van der Waals surface area contributed by atoms with E-state index in [1.165, 1.54) is 11.3 Å². The second kappa shape index (κ2) is 6.37. The molecule has 1 atom stereocenters. The molecule has 0 fully saturated rings. The third kappa shape index (κ3) is 3.38. The molecule has 0 spiro atoms. The van der Waals surface area contributed by atoms with Crippen molar-refractivity contribution in [3.8, 4) is 0 Å². The molecule has 0 radical (unpaired) electrons. The largest absolute Gasteiger partial charge is 0.381 e. The Labute approximate surface area is 129 Å². The van der Waals surface area contributed by atoms with Gasteiger partial charge in [-0.2, -0.15) is 5.10 Å². The van der Waals surface area contributed by atoms with Crippen molar-refractivity contribution in [1.29, 1.82) is 0 Å². The first-order valence-electron chi connectivity index (χ1n) is 5.77. The monoisotopic (exact) mass is 363 g/mol. The molecule has 0 aliphatic rings. The fourth-order valence-corrected chi connectivity index (χ4v) is 3.56. The van der Waals surface area contributed by atoms with E-state index in [1.807, 2.05) is 25.5 Å². The molecule has 4 nitrogen and oxygen atoms in total. The molecule has 0 saturated heterocycles. The number of hydrogen-bond donors (Lipinski definition) is 1. The van der Waals surface area contributed by atoms with Gasteiger partial charge >= 0.3 is 0 Å². The van der Waals surface area contributed by atoms with E-state index in [0.717, 1.165) is 15.9 Å². The number of aliphatic hydroxyl groups is 1. The summed E-state index contributed by atoms with van der Waals surface area (Å²) in [7, 11) is 3.99. The molecule has 0 aliphatic carbocycles. The fourth-order valence-electron chi connectivity index (χ4n) is 1.74. The molecular weight excluding hydrogens is 350 g/mol. The average molecular weight is 365 g/mol. The molecule has 0 aliphatic heterocycles. The van der Waals surface area contributed by atoms with Crippen molar-refractivity contribution in [2.45, 2.75) is 12.6 Å². The normalized spacial score (nSPS) is 13.2. The lowest BCUT2D eigenvalue weighted by atomic mass is 10.2. The van der Waals surface area contributed by atoms with E-state index in [1.54, 1.807) is 10.9 Å². The lowest BCUT2D eigenvalue weighted by molar-refractivity contribution is 0.208. The summed E-state index contributed by atoms with van der Waals surface area (Å²) in [4.78, 5) is 2.90. The summed E-state index contributed by atoms with van der Waals surface area (Å²) in [5.41, 5.74) is 0.645. The Kier molecular flexibility index (Phi) is 5.03. The van der Waals surface area contributed by atoms with Crippen LogP contribution in [0.4, 0.5) is 0 Å². The molecule has 0 saturated carbocycles. The van der Waals surface area contributed by atoms with Crippen molar-refractivity contribution in [2.75, 3.05) is 20.6 Å². The lowest BCUT2D eigenvalue weighted by Crippen LogP contribution is -2.21. The molecule has 1 unspecified atom stereocenters. The first-order chi connectivity index (χ1) is 9.00. The van der Waals surface area contributed by atoms with Crippen molar-refractivity contribution in [3.05, 3.63) is 37.7 Å². The van der Waals surface area contributed by atoms with Crippen LogP contribution in [0.3, 0.4) is 0 Å². The Morgan fingerprint density at radius 2 is 2.32 bits per heavy atom. The number of halogens is 2. The van der Waals surface area contributed by atoms with Gasteiger partial charge in [-0.25, -0.2) is 0 Å². The molecule has 1 N–H and O–H groups in total. The third-order valence-corrected chi connectivity index (χ3v) is 4.96. The van der Waals surface area contributed by atoms with Gasteiger partial charge in [-0.3, -0.25) is 4.68 Å². The molecule has 0 amide bonds. The van der Waals surface area contributed by atoms with Gasteiger partial charge in [0, 0.05) is 11.0 Å². The summed E-state index contributed by atoms with van der Waals surface area (Å²) in [6, 6.07) is 1.91. The SMILES string of the molecule is CN(C)CCn1ncc(Cl)c1C(O)c1sccc1Br. The predicted molar refractivity (Wildman–Crippen MR) is 81.9 cm³/mol. The first-order valence-corrected chi connectivity index (χ1v) is 7.82. The highest BCUT2D eigenvalue weighted by atomic mass is 79.9. The van der Waals surface area contributed by atoms with Gasteiger partial charge in [0.2, 0.25) is 0 Å². The summed E-state index contributed by atoms with van der Waals surface area (Å²) in [6.45, 7) is 1.53. The quantitative estimate of drug-likeness (QED) is 0.887. The fraction of sp³-hybridized carbons (Fsp3) is 0.417. The maximum atomic E-state index is 10.5. The van der Waals surface area contributed by atoms with Gasteiger partial charge in [0.25, 0.3) is 0 Å². The molecule has 0 aromatic carbocycles. The summed E-state index contributed by atoms with van der Waals surface area (Å²) in [5.74, 6) is 0. The smallest absolute Gasteiger partial charge is 0.132 e. The third-order valence-electron chi connectivity index (χ3n) is 2.74. The van der Waals surface area contributed by atoms with Crippen LogP contribution in [0, 0.1) is 0 Å². The Hall–Kier alpha value is -0.400. The van der Waals surface area contributed by atoms with Crippen LogP contribution in [0.1, 0.15) is 16.7 Å². The van der Waals surface area contributed by atoms with Gasteiger partial charge in [0.1, 0.15) is 6.10 Å². The topological polar surface area (TPSA) is 41.3 Å². The maximum absolute atomic E-state index is 10.5. The number of aromatic nitrogens is 2. The summed E-state index contributed by atoms with van der Waals surface area (Å²) < 4.78 is 2.65. The minimum atomic E-state index is -0.758. The van der Waals surface area contributed by atoms with Gasteiger partial charge in [-0.15, -0.1) is 11.3 Å². The standard InChI is InChI=1S/C12H15BrClN3OS/c1-16(2)4-5-17-10(9(14)7-15-17)11(18)12-8(13)3-6-19-12/h3,6-7,11,18H,4-5H2,1-2H3. The zero-order chi connectivity index (χ0) is 14.0. The van der Waals surface area contributed by atoms with Crippen molar-refractivity contribution >= 4 is 38.9 Å². The van der Waals surface area contributed by atoms with Crippen molar-refractivity contribution in [2.24, 2.45) is 0 Å². The highest BCUT2D eigenvalue weighted by molar-refractivity contribution is 9.10. The zero-order valence-electron chi connectivity index (χ0n) is 10.7. The van der Waals surface area contributed by atoms with Crippen LogP contribution in [-0.4, -0.2) is 40.4 Å². The molecule has 104 valence electrons. The van der Waals surface area contributed by atoms with Gasteiger partial charge in [-0.05, 0) is 41.5 Å². The van der Waals surface area contributed by atoms with Gasteiger partial charge in [0.15, 0.2) is 0 Å². The minimum absolute atomic E-state index is 0.492. The van der Waals surface area contributed by atoms with Crippen LogP contribution < -0.4 is 0 Å². The zero-order valence-corrected chi connectivity index (χ0v) is 13.8. The first kappa shape index (κ1) is 15.0. The highest BCUT2D eigenvalue weighted by Crippen LogP contribution is 2.35. The summed E-state index contributed by atoms with van der Waals surface area (Å²) in [6.07, 6.45) is 0.823. The average Bonchev–Trinajstić information content (AvgIpc) is 2.92. The Morgan fingerprint density at radius 1 is 1.58 bits per heavy atom. The van der Waals surface area contributed by atoms with Crippen molar-refractivity contribution < 1.29 is 5.11 Å². The van der Waals surface area contributed by atoms with E-state index < -0.39 is 6.10 Å². The van der Waals surface area contributed by atoms with Crippen LogP contribution in [0.5, 0.6) is 0 Å². The Morgan fingerprint density at radius 3 is 2.89 bits per heavy atom. The van der Waals surface area contributed by atoms with Gasteiger partial charge in [-0.1, -0.05) is 11.6 Å². The van der Waals surface area contributed by atoms with E-state index in [0.29, 0.717) is 17.3 Å². The Balaban J connectivity index is 2.28. The second-order valence-corrected chi connectivity index (χ2v) is 6.65. The van der Waals surface area contributed by atoms with Crippen LogP contribution in [0.15, 0.2) is 22.1 Å². The van der Waals surface area contributed by atoms with E-state index in [4.69, 9.17) is 11.6 Å². The van der Waals surface area contributed by atoms with Crippen LogP contribution in [0.25, 0.3) is 0 Å². The van der Waals surface area contributed by atoms with E-state index >= 15 is 0 Å². The van der Waals surface area contributed by atoms with Crippen molar-refractivity contribution in [3.63, 3.8) is 0 Å². The number of nitrogens with zero attached hydrogens (tertiary/aromatic N) is 3. The minimum Gasteiger partial charge on any atom is -0.381 e. The number of likely N-dealkylation sites (N-methyl/N-ethyl adjacent to an activating group) is 1. The van der Waals surface area contributed by atoms with Gasteiger partial charge < -0.3 is 10.0 Å². The summed E-state index contributed by atoms with van der Waals surface area (Å²) in [5, 5.41) is 17.2. The number of thiophene rings is 1. The van der Waals surface area contributed by atoms with Crippen molar-refractivity contribution in [1.82, 2.24) is 14.7 Å². The van der Waals surface area contributed by atoms with E-state index in [-0.39, 0.29) is 0 Å². The van der Waals surface area contributed by atoms with Crippen LogP contribution in [-0.2, 0) is 6.54 Å². The maximum Gasteiger partial charge on any atom is 0.132 e. The number of rotatable bonds is 5. The number of hydrogen-bond acceptors (Lipinski definition) is 4. The Bertz CT molecular complexity index is 555. The molecule has 2 aromatic rings. The van der Waals surface area contributed by atoms with Crippen LogP contribution in [0.2, 0.25) is 5.02 Å². The molecule has 2 aromatic heterocycles. The lowest BCUT2D eigenvalue weighted by Gasteiger charge is -2.15. The van der Waals surface area contributed by atoms with E-state index in [9.17, 15) is 5.11 Å². The van der Waals surface area contributed by atoms with E-state index in [2.05, 4.69) is 25.9 Å². The molecule has 7 heteroatoms. The highest BCUT2D eigenvalue weighted by Gasteiger charge is 2.22. The molecule has 2 heterocycles.